The van der Waals surface area contributed by atoms with Gasteiger partial charge in [-0.25, -0.2) is 14.6 Å². The van der Waals surface area contributed by atoms with E-state index in [0.29, 0.717) is 107 Å². The lowest BCUT2D eigenvalue weighted by molar-refractivity contribution is -0.142. The molecule has 8 rings (SSSR count). The van der Waals surface area contributed by atoms with Crippen molar-refractivity contribution in [3.63, 3.8) is 0 Å². The van der Waals surface area contributed by atoms with Gasteiger partial charge in [-0.05, 0) is 211 Å². The fraction of sp³-hybridized carbons (Fsp3) is 0.451. The van der Waals surface area contributed by atoms with E-state index in [0.717, 1.165) is 128 Å². The Hall–Kier alpha value is -7.75. The molecule has 0 aliphatic heterocycles. The van der Waals surface area contributed by atoms with Gasteiger partial charge in [0.25, 0.3) is 0 Å². The van der Waals surface area contributed by atoms with Crippen LogP contribution in [-0.2, 0) is 51.3 Å². The first-order valence-electron chi connectivity index (χ1n) is 31.1. The third-order valence-electron chi connectivity index (χ3n) is 15.7. The van der Waals surface area contributed by atoms with Crippen molar-refractivity contribution < 1.29 is 66.5 Å². The number of esters is 4. The van der Waals surface area contributed by atoms with E-state index in [9.17, 15) is 19.2 Å². The van der Waals surface area contributed by atoms with Gasteiger partial charge < -0.3 is 47.4 Å². The van der Waals surface area contributed by atoms with Crippen molar-refractivity contribution in [2.45, 2.75) is 161 Å². The number of carbonyl (C=O) groups excluding carboxylic acids is 4. The molecule has 0 N–H and O–H groups in total. The summed E-state index contributed by atoms with van der Waals surface area (Å²) in [7, 11) is 0. The molecule has 2 aliphatic rings. The number of rotatable bonds is 36. The Morgan fingerprint density at radius 2 is 0.837 bits per heavy atom. The van der Waals surface area contributed by atoms with Crippen LogP contribution in [0.5, 0.6) is 40.4 Å². The second kappa shape index (κ2) is 35.0. The molecule has 15 nitrogen and oxygen atoms in total. The highest BCUT2D eigenvalue weighted by Gasteiger charge is 2.30. The molecule has 0 saturated heterocycles. The van der Waals surface area contributed by atoms with Crippen LogP contribution in [0.4, 0.5) is 0 Å². The molecule has 2 aliphatic carbocycles. The minimum absolute atomic E-state index is 0.00479. The van der Waals surface area contributed by atoms with Crippen LogP contribution in [0.1, 0.15) is 146 Å². The van der Waals surface area contributed by atoms with E-state index < -0.39 is 11.9 Å². The zero-order chi connectivity index (χ0) is 60.1. The lowest BCUT2D eigenvalue weighted by atomic mass is 9.87. The van der Waals surface area contributed by atoms with Crippen LogP contribution >= 0.6 is 0 Å². The van der Waals surface area contributed by atoms with Gasteiger partial charge in [-0.1, -0.05) is 63.6 Å². The zero-order valence-electron chi connectivity index (χ0n) is 50.0. The molecule has 0 unspecified atom stereocenters. The SMILES string of the molecule is C=CC(=O)OCCCCCCOc1ccc(OC(=O)C2CCC(OCc3ccc4c(c3)nc(Oc3ccc(OCCCCCC)cc3)c3cc(COC5CCC(C(=O)Oc6ccc(OCCCCCCOC(=O)C=C)cc6)CC5)ccc34)CC2)cc1. The van der Waals surface area contributed by atoms with Crippen molar-refractivity contribution >= 4 is 45.6 Å². The summed E-state index contributed by atoms with van der Waals surface area (Å²) < 4.78 is 59.0. The lowest BCUT2D eigenvalue weighted by Gasteiger charge is -2.27. The first kappa shape index (κ1) is 64.3. The van der Waals surface area contributed by atoms with Crippen LogP contribution in [0, 0.1) is 11.8 Å². The standard InChI is InChI=1S/C71H85NO14/c1-4-7-8-13-42-77-55-28-34-60(35-29-55)84-69-65-47-51(49-82-58-24-20-53(21-25-58)70(75)85-61-36-30-56(31-37-61)78-43-14-9-11-16-45-80-67(73)5-2)18-40-63(65)64-41-19-52(48-66(64)72-69)50-83-59-26-22-54(23-27-59)71(76)86-62-38-32-57(33-39-62)79-44-15-10-12-17-46-81-68(74)6-3/h5-6,18-19,28-41,47-48,53-54,58-59H,2-4,7-17,20-27,42-46,49-50H2,1H3. The molecule has 458 valence electrons. The maximum Gasteiger partial charge on any atom is 0.330 e. The third kappa shape index (κ3) is 21.0. The second-order valence-electron chi connectivity index (χ2n) is 22.3. The number of fused-ring (bicyclic) bond motifs is 3. The van der Waals surface area contributed by atoms with E-state index in [-0.39, 0.29) is 36.0 Å². The Morgan fingerprint density at radius 3 is 1.28 bits per heavy atom. The number of benzene rings is 5. The van der Waals surface area contributed by atoms with E-state index >= 15 is 0 Å². The van der Waals surface area contributed by atoms with E-state index in [1.54, 1.807) is 24.3 Å². The summed E-state index contributed by atoms with van der Waals surface area (Å²) >= 11 is 0. The smallest absolute Gasteiger partial charge is 0.330 e. The number of aromatic nitrogens is 1. The number of hydrogen-bond donors (Lipinski definition) is 0. The Labute approximate surface area is 506 Å². The number of pyridine rings is 1. The number of nitrogens with zero attached hydrogens (tertiary/aromatic N) is 1. The molecule has 1 heterocycles. The molecule has 0 radical (unpaired) electrons. The van der Waals surface area contributed by atoms with Crippen molar-refractivity contribution in [1.82, 2.24) is 4.98 Å². The molecule has 2 fully saturated rings. The Kier molecular flexibility index (Phi) is 26.2. The molecule has 0 amide bonds. The first-order valence-corrected chi connectivity index (χ1v) is 31.1. The van der Waals surface area contributed by atoms with Gasteiger partial charge in [0.05, 0.1) is 75.8 Å². The van der Waals surface area contributed by atoms with Gasteiger partial charge in [-0.15, -0.1) is 0 Å². The van der Waals surface area contributed by atoms with Gasteiger partial charge in [-0.3, -0.25) is 9.59 Å². The Morgan fingerprint density at radius 1 is 0.442 bits per heavy atom. The summed E-state index contributed by atoms with van der Waals surface area (Å²) in [5.74, 6) is 2.70. The summed E-state index contributed by atoms with van der Waals surface area (Å²) in [6.07, 6.45) is 19.8. The first-order chi connectivity index (χ1) is 42.1. The predicted octanol–water partition coefficient (Wildman–Crippen LogP) is 15.8. The Balaban J connectivity index is 0.806. The van der Waals surface area contributed by atoms with Crippen molar-refractivity contribution in [2.75, 3.05) is 33.0 Å². The van der Waals surface area contributed by atoms with E-state index in [1.807, 2.05) is 48.5 Å². The van der Waals surface area contributed by atoms with Gasteiger partial charge in [0.15, 0.2) is 0 Å². The molecule has 5 aromatic carbocycles. The normalized spacial score (nSPS) is 16.6. The Bertz CT molecular complexity index is 3090. The fourth-order valence-corrected chi connectivity index (χ4v) is 10.7. The molecule has 0 atom stereocenters. The van der Waals surface area contributed by atoms with Gasteiger partial charge in [-0.2, -0.15) is 0 Å². The second-order valence-corrected chi connectivity index (χ2v) is 22.3. The molecule has 0 spiro atoms. The topological polar surface area (TPSA) is 173 Å². The highest BCUT2D eigenvalue weighted by Crippen LogP contribution is 2.37. The zero-order valence-corrected chi connectivity index (χ0v) is 50.0. The summed E-state index contributed by atoms with van der Waals surface area (Å²) in [6, 6.07) is 34.6. The van der Waals surface area contributed by atoms with Crippen LogP contribution in [0.15, 0.2) is 135 Å². The minimum Gasteiger partial charge on any atom is -0.494 e. The molecule has 1 aromatic heterocycles. The number of carbonyl (C=O) groups is 4. The predicted molar refractivity (Wildman–Crippen MR) is 331 cm³/mol. The quantitative estimate of drug-likeness (QED) is 0.0119. The molecule has 0 bridgehead atoms. The molecule has 86 heavy (non-hydrogen) atoms. The largest absolute Gasteiger partial charge is 0.494 e. The van der Waals surface area contributed by atoms with Crippen molar-refractivity contribution in [2.24, 2.45) is 11.8 Å². The summed E-state index contributed by atoms with van der Waals surface area (Å²) in [5, 5.41) is 2.86. The summed E-state index contributed by atoms with van der Waals surface area (Å²) in [6.45, 7) is 12.4. The molecule has 15 heteroatoms. The monoisotopic (exact) mass is 1180 g/mol. The highest BCUT2D eigenvalue weighted by atomic mass is 16.6. The molecular formula is C71H85NO14. The number of unbranched alkanes of at least 4 members (excludes halogenated alkanes) is 9. The van der Waals surface area contributed by atoms with Crippen LogP contribution in [0.2, 0.25) is 0 Å². The summed E-state index contributed by atoms with van der Waals surface area (Å²) in [5.41, 5.74) is 2.77. The van der Waals surface area contributed by atoms with Crippen LogP contribution in [-0.4, -0.2) is 74.1 Å². The molecule has 2 saturated carbocycles. The third-order valence-corrected chi connectivity index (χ3v) is 15.7. The van der Waals surface area contributed by atoms with E-state index in [4.69, 9.17) is 52.4 Å². The van der Waals surface area contributed by atoms with E-state index in [1.165, 1.54) is 25.0 Å². The lowest BCUT2D eigenvalue weighted by Crippen LogP contribution is -2.28. The highest BCUT2D eigenvalue weighted by molar-refractivity contribution is 6.08. The van der Waals surface area contributed by atoms with Gasteiger partial charge in [0, 0.05) is 22.9 Å². The maximum absolute atomic E-state index is 13.3. The van der Waals surface area contributed by atoms with Gasteiger partial charge >= 0.3 is 23.9 Å². The number of hydrogen-bond acceptors (Lipinski definition) is 15. The van der Waals surface area contributed by atoms with Crippen LogP contribution in [0.25, 0.3) is 21.7 Å². The fourth-order valence-electron chi connectivity index (χ4n) is 10.7. The van der Waals surface area contributed by atoms with Crippen molar-refractivity contribution in [3.8, 4) is 40.4 Å². The van der Waals surface area contributed by atoms with Crippen molar-refractivity contribution in [3.05, 3.63) is 146 Å². The average Bonchev–Trinajstić information content (AvgIpc) is 1.09. The number of ether oxygens (including phenoxy) is 10. The maximum atomic E-state index is 13.3. The average molecular weight is 1180 g/mol. The van der Waals surface area contributed by atoms with Crippen LogP contribution < -0.4 is 28.4 Å². The van der Waals surface area contributed by atoms with Gasteiger partial charge in [0.2, 0.25) is 5.88 Å². The molecular weight excluding hydrogens is 1090 g/mol. The summed E-state index contributed by atoms with van der Waals surface area (Å²) in [4.78, 5) is 53.9. The van der Waals surface area contributed by atoms with E-state index in [2.05, 4.69) is 56.5 Å². The van der Waals surface area contributed by atoms with Crippen molar-refractivity contribution in [1.29, 1.82) is 0 Å². The van der Waals surface area contributed by atoms with Crippen LogP contribution in [0.3, 0.4) is 0 Å². The minimum atomic E-state index is -0.395. The molecule has 6 aromatic rings. The van der Waals surface area contributed by atoms with Gasteiger partial charge in [0.1, 0.15) is 34.5 Å².